The average Bonchev–Trinajstić information content (AvgIpc) is 3.34. The standard InChI is InChI=1S/C27H35N5O3S/c1-20(2)32(27(34)28-22-11-13-23(35-5)14-12-22)18-25-29-24(19-36-25)26(33)31(16-15-30(3)4)17-21-9-7-6-8-10-21/h6-14,19-20H,15-18H2,1-5H3,(H,28,34). The smallest absolute Gasteiger partial charge is 0.322 e. The Morgan fingerprint density at radius 3 is 2.31 bits per heavy atom. The molecule has 0 atom stereocenters. The fourth-order valence-corrected chi connectivity index (χ4v) is 4.29. The van der Waals surface area contributed by atoms with Gasteiger partial charge in [0.15, 0.2) is 0 Å². The number of nitrogens with zero attached hydrogens (tertiary/aromatic N) is 4. The molecule has 1 N–H and O–H groups in total. The Labute approximate surface area is 217 Å². The number of carbonyl (C=O) groups is 2. The number of nitrogens with one attached hydrogen (secondary N) is 1. The molecule has 1 heterocycles. The molecule has 3 aromatic rings. The van der Waals surface area contributed by atoms with Gasteiger partial charge in [0.05, 0.1) is 13.7 Å². The Bertz CT molecular complexity index is 1120. The van der Waals surface area contributed by atoms with E-state index in [1.165, 1.54) is 11.3 Å². The van der Waals surface area contributed by atoms with Crippen molar-refractivity contribution in [2.75, 3.05) is 39.6 Å². The van der Waals surface area contributed by atoms with Crippen LogP contribution < -0.4 is 10.1 Å². The van der Waals surface area contributed by atoms with Gasteiger partial charge in [-0.25, -0.2) is 9.78 Å². The highest BCUT2D eigenvalue weighted by atomic mass is 32.1. The number of aromatic nitrogens is 1. The monoisotopic (exact) mass is 509 g/mol. The molecule has 0 unspecified atom stereocenters. The number of hydrogen-bond acceptors (Lipinski definition) is 6. The van der Waals surface area contributed by atoms with Crippen molar-refractivity contribution in [1.29, 1.82) is 0 Å². The van der Waals surface area contributed by atoms with E-state index in [0.717, 1.165) is 17.9 Å². The SMILES string of the molecule is COc1ccc(NC(=O)N(Cc2nc(C(=O)N(CCN(C)C)Cc3ccccc3)cs2)C(C)C)cc1. The second-order valence-electron chi connectivity index (χ2n) is 9.02. The zero-order valence-electron chi connectivity index (χ0n) is 21.6. The number of anilines is 1. The summed E-state index contributed by atoms with van der Waals surface area (Å²) in [5.41, 5.74) is 2.16. The predicted molar refractivity (Wildman–Crippen MR) is 145 cm³/mol. The van der Waals surface area contributed by atoms with E-state index in [1.807, 2.05) is 63.2 Å². The first-order valence-corrected chi connectivity index (χ1v) is 12.8. The van der Waals surface area contributed by atoms with E-state index in [-0.39, 0.29) is 18.0 Å². The number of methoxy groups -OCH3 is 1. The average molecular weight is 510 g/mol. The maximum atomic E-state index is 13.4. The topological polar surface area (TPSA) is 78.0 Å². The lowest BCUT2D eigenvalue weighted by Crippen LogP contribution is -2.39. The van der Waals surface area contributed by atoms with Crippen LogP contribution in [-0.2, 0) is 13.1 Å². The number of carbonyl (C=O) groups excluding carboxylic acids is 2. The first-order valence-electron chi connectivity index (χ1n) is 11.9. The van der Waals surface area contributed by atoms with Gasteiger partial charge in [0.2, 0.25) is 0 Å². The van der Waals surface area contributed by atoms with Crippen LogP contribution >= 0.6 is 11.3 Å². The molecule has 8 nitrogen and oxygen atoms in total. The van der Waals surface area contributed by atoms with E-state index in [9.17, 15) is 9.59 Å². The zero-order chi connectivity index (χ0) is 26.1. The molecule has 3 amide bonds. The van der Waals surface area contributed by atoms with Gasteiger partial charge < -0.3 is 24.8 Å². The summed E-state index contributed by atoms with van der Waals surface area (Å²) < 4.78 is 5.17. The van der Waals surface area contributed by atoms with Crippen molar-refractivity contribution in [3.05, 3.63) is 76.2 Å². The van der Waals surface area contributed by atoms with E-state index in [4.69, 9.17) is 4.74 Å². The van der Waals surface area contributed by atoms with Crippen molar-refractivity contribution in [2.45, 2.75) is 33.0 Å². The Kier molecular flexibility index (Phi) is 9.84. The van der Waals surface area contributed by atoms with E-state index in [0.29, 0.717) is 36.0 Å². The molecule has 0 spiro atoms. The van der Waals surface area contributed by atoms with E-state index in [1.54, 1.807) is 41.7 Å². The molecule has 3 rings (SSSR count). The van der Waals surface area contributed by atoms with Gasteiger partial charge in [0.25, 0.3) is 5.91 Å². The molecular formula is C27H35N5O3S. The maximum absolute atomic E-state index is 13.4. The van der Waals surface area contributed by atoms with Crippen LogP contribution in [0.15, 0.2) is 60.0 Å². The Balaban J connectivity index is 1.70. The second kappa shape index (κ2) is 13.0. The van der Waals surface area contributed by atoms with Crippen molar-refractivity contribution < 1.29 is 14.3 Å². The van der Waals surface area contributed by atoms with E-state index < -0.39 is 0 Å². The molecule has 0 bridgehead atoms. The molecule has 9 heteroatoms. The summed E-state index contributed by atoms with van der Waals surface area (Å²) in [6, 6.07) is 16.9. The molecule has 0 saturated heterocycles. The lowest BCUT2D eigenvalue weighted by atomic mass is 10.2. The molecule has 0 aliphatic carbocycles. The summed E-state index contributed by atoms with van der Waals surface area (Å²) in [6.45, 7) is 6.08. The summed E-state index contributed by atoms with van der Waals surface area (Å²) in [5.74, 6) is 0.613. The highest BCUT2D eigenvalue weighted by molar-refractivity contribution is 7.09. The molecule has 0 fully saturated rings. The summed E-state index contributed by atoms with van der Waals surface area (Å²) in [4.78, 5) is 36.6. The van der Waals surface area contributed by atoms with Crippen LogP contribution in [0.5, 0.6) is 5.75 Å². The van der Waals surface area contributed by atoms with Crippen LogP contribution in [0.25, 0.3) is 0 Å². The summed E-state index contributed by atoms with van der Waals surface area (Å²) in [7, 11) is 5.58. The summed E-state index contributed by atoms with van der Waals surface area (Å²) in [6.07, 6.45) is 0. The van der Waals surface area contributed by atoms with Gasteiger partial charge in [-0.05, 0) is 57.8 Å². The highest BCUT2D eigenvalue weighted by Gasteiger charge is 2.23. The summed E-state index contributed by atoms with van der Waals surface area (Å²) >= 11 is 1.39. The van der Waals surface area contributed by atoms with Crippen LogP contribution in [0.1, 0.15) is 34.9 Å². The minimum Gasteiger partial charge on any atom is -0.497 e. The molecule has 0 radical (unpaired) electrons. The molecule has 36 heavy (non-hydrogen) atoms. The van der Waals surface area contributed by atoms with Gasteiger partial charge in [-0.15, -0.1) is 11.3 Å². The Hall–Kier alpha value is -3.43. The lowest BCUT2D eigenvalue weighted by Gasteiger charge is -2.26. The third-order valence-corrected chi connectivity index (χ3v) is 6.46. The van der Waals surface area contributed by atoms with Crippen LogP contribution in [0.4, 0.5) is 10.5 Å². The third kappa shape index (κ3) is 7.79. The number of ether oxygens (including phenoxy) is 1. The van der Waals surface area contributed by atoms with Crippen LogP contribution in [0.2, 0.25) is 0 Å². The number of rotatable bonds is 11. The zero-order valence-corrected chi connectivity index (χ0v) is 22.4. The Morgan fingerprint density at radius 2 is 1.69 bits per heavy atom. The lowest BCUT2D eigenvalue weighted by molar-refractivity contribution is 0.0726. The minimum absolute atomic E-state index is 0.0547. The van der Waals surface area contributed by atoms with Crippen molar-refractivity contribution in [3.8, 4) is 5.75 Å². The van der Waals surface area contributed by atoms with Crippen LogP contribution in [0.3, 0.4) is 0 Å². The number of amides is 3. The number of benzene rings is 2. The number of thiazole rings is 1. The first-order chi connectivity index (χ1) is 17.3. The molecule has 0 aliphatic heterocycles. The predicted octanol–water partition coefficient (Wildman–Crippen LogP) is 4.80. The fraction of sp³-hybridized carbons (Fsp3) is 0.370. The fourth-order valence-electron chi connectivity index (χ4n) is 3.52. The minimum atomic E-state index is -0.227. The van der Waals surface area contributed by atoms with Crippen LogP contribution in [-0.4, -0.2) is 72.0 Å². The van der Waals surface area contributed by atoms with Crippen molar-refractivity contribution >= 4 is 29.0 Å². The van der Waals surface area contributed by atoms with Gasteiger partial charge in [-0.1, -0.05) is 30.3 Å². The summed E-state index contributed by atoms with van der Waals surface area (Å²) in [5, 5.41) is 5.42. The largest absolute Gasteiger partial charge is 0.497 e. The molecule has 1 aromatic heterocycles. The van der Waals surface area contributed by atoms with Crippen molar-refractivity contribution in [3.63, 3.8) is 0 Å². The van der Waals surface area contributed by atoms with E-state index >= 15 is 0 Å². The molecule has 0 saturated carbocycles. The molecular weight excluding hydrogens is 474 g/mol. The second-order valence-corrected chi connectivity index (χ2v) is 9.97. The van der Waals surface area contributed by atoms with Gasteiger partial charge >= 0.3 is 6.03 Å². The van der Waals surface area contributed by atoms with Gasteiger partial charge in [0.1, 0.15) is 16.5 Å². The molecule has 2 aromatic carbocycles. The van der Waals surface area contributed by atoms with Gasteiger partial charge in [0, 0.05) is 36.7 Å². The Morgan fingerprint density at radius 1 is 1.00 bits per heavy atom. The van der Waals surface area contributed by atoms with Crippen molar-refractivity contribution in [1.82, 2.24) is 19.7 Å². The van der Waals surface area contributed by atoms with Crippen molar-refractivity contribution in [2.24, 2.45) is 0 Å². The van der Waals surface area contributed by atoms with Gasteiger partial charge in [-0.3, -0.25) is 4.79 Å². The number of urea groups is 1. The number of hydrogen-bond donors (Lipinski definition) is 1. The number of likely N-dealkylation sites (N-methyl/N-ethyl adjacent to an activating group) is 1. The quantitative estimate of drug-likeness (QED) is 0.402. The first kappa shape index (κ1) is 27.2. The highest BCUT2D eigenvalue weighted by Crippen LogP contribution is 2.19. The van der Waals surface area contributed by atoms with E-state index in [2.05, 4.69) is 15.2 Å². The van der Waals surface area contributed by atoms with Gasteiger partial charge in [-0.2, -0.15) is 0 Å². The molecule has 0 aliphatic rings. The normalized spacial score (nSPS) is 11.0. The molecule has 192 valence electrons. The maximum Gasteiger partial charge on any atom is 0.322 e. The third-order valence-electron chi connectivity index (χ3n) is 5.62. The van der Waals surface area contributed by atoms with Crippen LogP contribution in [0, 0.1) is 0 Å².